The summed E-state index contributed by atoms with van der Waals surface area (Å²) >= 11 is 6.70. The number of fused-ring (bicyclic) bond motifs is 1. The molecular weight excluding hydrogens is 594 g/mol. The normalized spacial score (nSPS) is 23.9. The Labute approximate surface area is 258 Å². The second-order valence-corrected chi connectivity index (χ2v) is 11.5. The van der Waals surface area contributed by atoms with Crippen LogP contribution in [0.4, 0.5) is 0 Å². The molecule has 1 N–H and O–H groups in total. The van der Waals surface area contributed by atoms with Crippen LogP contribution < -0.4 is 0 Å². The Kier molecular flexibility index (Phi) is 9.28. The van der Waals surface area contributed by atoms with Crippen LogP contribution in [0.5, 0.6) is 0 Å². The zero-order chi connectivity index (χ0) is 31.7. The van der Waals surface area contributed by atoms with Gasteiger partial charge in [0.2, 0.25) is 0 Å². The number of aliphatic hydroxyl groups excluding tert-OH is 1. The van der Waals surface area contributed by atoms with Gasteiger partial charge in [0.1, 0.15) is 18.8 Å². The lowest BCUT2D eigenvalue weighted by molar-refractivity contribution is -0.267. The highest BCUT2D eigenvalue weighted by molar-refractivity contribution is 6.35. The predicted octanol–water partition coefficient (Wildman–Crippen LogP) is 4.51. The molecule has 1 aliphatic carbocycles. The molecular formula is C32H34ClNO10. The number of hydrogen-bond donors (Lipinski definition) is 1. The van der Waals surface area contributed by atoms with E-state index in [0.29, 0.717) is 33.0 Å². The molecule has 0 radical (unpaired) electrons. The summed E-state index contributed by atoms with van der Waals surface area (Å²) in [6.45, 7) is 4.34. The maximum Gasteiger partial charge on any atom is 0.303 e. The number of hydrogen-bond acceptors (Lipinski definition) is 10. The van der Waals surface area contributed by atoms with Crippen molar-refractivity contribution < 1.29 is 48.0 Å². The van der Waals surface area contributed by atoms with Gasteiger partial charge in [-0.2, -0.15) is 0 Å². The van der Waals surface area contributed by atoms with Crippen molar-refractivity contribution in [3.05, 3.63) is 70.4 Å². The van der Waals surface area contributed by atoms with Gasteiger partial charge in [-0.1, -0.05) is 41.9 Å². The van der Waals surface area contributed by atoms with E-state index in [-0.39, 0.29) is 6.61 Å². The zero-order valence-electron chi connectivity index (χ0n) is 24.7. The van der Waals surface area contributed by atoms with Crippen molar-refractivity contribution in [2.45, 2.75) is 83.2 Å². The van der Waals surface area contributed by atoms with Crippen molar-refractivity contribution in [3.8, 4) is 0 Å². The smallest absolute Gasteiger partial charge is 0.303 e. The molecule has 2 fully saturated rings. The Hall–Kier alpha value is -3.93. The van der Waals surface area contributed by atoms with Crippen molar-refractivity contribution in [3.63, 3.8) is 0 Å². The van der Waals surface area contributed by atoms with Crippen LogP contribution in [0.1, 0.15) is 75.5 Å². The number of aliphatic hydroxyl groups is 1. The van der Waals surface area contributed by atoms with Gasteiger partial charge in [-0.25, -0.2) is 0 Å². The van der Waals surface area contributed by atoms with E-state index < -0.39 is 60.6 Å². The summed E-state index contributed by atoms with van der Waals surface area (Å²) in [5.41, 5.74) is 2.84. The highest BCUT2D eigenvalue weighted by Crippen LogP contribution is 2.43. The highest BCUT2D eigenvalue weighted by Gasteiger charge is 2.53. The summed E-state index contributed by atoms with van der Waals surface area (Å²) in [4.78, 5) is 48.5. The van der Waals surface area contributed by atoms with Crippen LogP contribution in [-0.2, 0) is 42.9 Å². The minimum Gasteiger partial charge on any atom is -0.463 e. The molecule has 12 heteroatoms. The van der Waals surface area contributed by atoms with Gasteiger partial charge in [-0.3, -0.25) is 19.2 Å². The van der Waals surface area contributed by atoms with Gasteiger partial charge in [0.25, 0.3) is 0 Å². The Morgan fingerprint density at radius 2 is 1.50 bits per heavy atom. The largest absolute Gasteiger partial charge is 0.463 e. The second kappa shape index (κ2) is 13.0. The standard InChI is InChI=1S/C32H34ClNO10/c1-16(35)40-15-26-29(41-17(2)36)30(42-18(3)37)31(43-19(4)38)32(44-26)34-14-23(27-24(33)6-5-7-25(27)34)28(39)22-12-10-21(11-13-22)20-8-9-20/h5-7,10-14,20,26,28-32,39H,8-9,15H2,1-4H3/t26-,28?,29-,30+,31-,32-/m1/s1. The van der Waals surface area contributed by atoms with E-state index in [1.807, 2.05) is 24.3 Å². The first-order valence-electron chi connectivity index (χ1n) is 14.3. The van der Waals surface area contributed by atoms with E-state index in [9.17, 15) is 24.3 Å². The van der Waals surface area contributed by atoms with Crippen molar-refractivity contribution in [1.29, 1.82) is 0 Å². The van der Waals surface area contributed by atoms with E-state index in [2.05, 4.69) is 0 Å². The molecule has 2 aromatic carbocycles. The van der Waals surface area contributed by atoms with Crippen molar-refractivity contribution in [2.24, 2.45) is 0 Å². The monoisotopic (exact) mass is 627 g/mol. The molecule has 1 aromatic heterocycles. The lowest BCUT2D eigenvalue weighted by Crippen LogP contribution is -2.60. The van der Waals surface area contributed by atoms with Crippen LogP contribution in [0.2, 0.25) is 5.02 Å². The van der Waals surface area contributed by atoms with Gasteiger partial charge in [-0.15, -0.1) is 0 Å². The van der Waals surface area contributed by atoms with Crippen molar-refractivity contribution in [1.82, 2.24) is 4.57 Å². The number of ether oxygens (including phenoxy) is 5. The number of benzene rings is 2. The zero-order valence-corrected chi connectivity index (χ0v) is 25.5. The van der Waals surface area contributed by atoms with Crippen LogP contribution in [-0.4, -0.2) is 64.6 Å². The predicted molar refractivity (Wildman–Crippen MR) is 157 cm³/mol. The van der Waals surface area contributed by atoms with Crippen LogP contribution in [0.3, 0.4) is 0 Å². The van der Waals surface area contributed by atoms with Crippen LogP contribution >= 0.6 is 11.6 Å². The Morgan fingerprint density at radius 1 is 0.886 bits per heavy atom. The van der Waals surface area contributed by atoms with E-state index in [0.717, 1.165) is 26.7 Å². The van der Waals surface area contributed by atoms with Gasteiger partial charge in [0.05, 0.1) is 10.5 Å². The quantitative estimate of drug-likeness (QED) is 0.266. The molecule has 0 spiro atoms. The summed E-state index contributed by atoms with van der Waals surface area (Å²) in [6, 6.07) is 12.9. The van der Waals surface area contributed by atoms with Gasteiger partial charge in [0, 0.05) is 44.8 Å². The molecule has 2 aliphatic rings. The first-order chi connectivity index (χ1) is 20.9. The molecule has 1 aliphatic heterocycles. The number of halogens is 1. The van der Waals surface area contributed by atoms with Gasteiger partial charge in [0.15, 0.2) is 24.5 Å². The van der Waals surface area contributed by atoms with E-state index in [1.54, 1.807) is 29.0 Å². The minimum absolute atomic E-state index is 0.357. The summed E-state index contributed by atoms with van der Waals surface area (Å²) in [5, 5.41) is 12.5. The molecule has 44 heavy (non-hydrogen) atoms. The fourth-order valence-corrected chi connectivity index (χ4v) is 5.97. The lowest BCUT2D eigenvalue weighted by atomic mass is 9.97. The first-order valence-corrected chi connectivity index (χ1v) is 14.7. The Morgan fingerprint density at radius 3 is 2.09 bits per heavy atom. The molecule has 2 heterocycles. The van der Waals surface area contributed by atoms with E-state index in [4.69, 9.17) is 35.3 Å². The molecule has 11 nitrogen and oxygen atoms in total. The summed E-state index contributed by atoms with van der Waals surface area (Å²) < 4.78 is 30.0. The van der Waals surface area contributed by atoms with Crippen molar-refractivity contribution >= 4 is 46.4 Å². The number of rotatable bonds is 9. The lowest BCUT2D eigenvalue weighted by Gasteiger charge is -2.44. The molecule has 234 valence electrons. The number of carbonyl (C=O) groups is 4. The van der Waals surface area contributed by atoms with Gasteiger partial charge >= 0.3 is 23.9 Å². The number of aromatic nitrogens is 1. The molecule has 1 unspecified atom stereocenters. The average molecular weight is 628 g/mol. The van der Waals surface area contributed by atoms with Crippen LogP contribution in [0, 0.1) is 0 Å². The Balaban J connectivity index is 1.63. The van der Waals surface area contributed by atoms with Crippen LogP contribution in [0.15, 0.2) is 48.7 Å². The third kappa shape index (κ3) is 6.74. The van der Waals surface area contributed by atoms with Crippen molar-refractivity contribution in [2.75, 3.05) is 6.61 Å². The fraction of sp³-hybridized carbons (Fsp3) is 0.438. The Bertz CT molecular complexity index is 1560. The van der Waals surface area contributed by atoms with Gasteiger partial charge in [-0.05, 0) is 42.0 Å². The maximum absolute atomic E-state index is 12.4. The second-order valence-electron chi connectivity index (χ2n) is 11.1. The highest BCUT2D eigenvalue weighted by atomic mass is 35.5. The molecule has 5 rings (SSSR count). The van der Waals surface area contributed by atoms with E-state index in [1.165, 1.54) is 19.4 Å². The SMILES string of the molecule is CC(=O)OC[C@H]1O[C@@H](n2cc(C(O)c3ccc(C4CC4)cc3)c3c(Cl)cccc32)[C@H](OC(C)=O)[C@@H](OC(C)=O)[C@@H]1OC(C)=O. The number of esters is 4. The summed E-state index contributed by atoms with van der Waals surface area (Å²) in [7, 11) is 0. The average Bonchev–Trinajstić information content (AvgIpc) is 3.74. The molecule has 3 aromatic rings. The molecule has 1 saturated heterocycles. The number of carbonyl (C=O) groups excluding carboxylic acids is 4. The summed E-state index contributed by atoms with van der Waals surface area (Å²) in [6.07, 6.45) is -3.45. The summed E-state index contributed by atoms with van der Waals surface area (Å²) in [5.74, 6) is -2.23. The van der Waals surface area contributed by atoms with E-state index >= 15 is 0 Å². The third-order valence-electron chi connectivity index (χ3n) is 7.67. The first kappa shape index (κ1) is 31.5. The maximum atomic E-state index is 12.4. The molecule has 1 saturated carbocycles. The van der Waals surface area contributed by atoms with Crippen LogP contribution in [0.25, 0.3) is 10.9 Å². The number of nitrogens with zero attached hydrogens (tertiary/aromatic N) is 1. The topological polar surface area (TPSA) is 140 Å². The molecule has 0 bridgehead atoms. The minimum atomic E-state index is -1.35. The van der Waals surface area contributed by atoms with Gasteiger partial charge < -0.3 is 33.4 Å². The molecule has 6 atom stereocenters. The third-order valence-corrected chi connectivity index (χ3v) is 7.99. The fourth-order valence-electron chi connectivity index (χ4n) is 5.69. The molecule has 0 amide bonds.